The predicted molar refractivity (Wildman–Crippen MR) is 61.4 cm³/mol. The molecule has 0 atom stereocenters. The maximum absolute atomic E-state index is 12.8. The fourth-order valence-electron chi connectivity index (χ4n) is 1.40. The lowest BCUT2D eigenvalue weighted by Gasteiger charge is -2.15. The van der Waals surface area contributed by atoms with Gasteiger partial charge in [0, 0.05) is 0 Å². The van der Waals surface area contributed by atoms with E-state index in [0.717, 1.165) is 19.1 Å². The molecule has 6 nitrogen and oxygen atoms in total. The van der Waals surface area contributed by atoms with Crippen molar-refractivity contribution < 1.29 is 40.1 Å². The van der Waals surface area contributed by atoms with Crippen molar-refractivity contribution in [2.75, 3.05) is 6.35 Å². The van der Waals surface area contributed by atoms with Gasteiger partial charge in [-0.3, -0.25) is 8.75 Å². The zero-order valence-corrected chi connectivity index (χ0v) is 11.7. The van der Waals surface area contributed by atoms with Crippen LogP contribution in [-0.2, 0) is 25.0 Å². The van der Waals surface area contributed by atoms with E-state index in [4.69, 9.17) is 9.79 Å². The van der Waals surface area contributed by atoms with Gasteiger partial charge in [-0.05, 0) is 18.6 Å². The van der Waals surface area contributed by atoms with Crippen molar-refractivity contribution in [3.8, 4) is 0 Å². The molecule has 0 bridgehead atoms. The predicted octanol–water partition coefficient (Wildman–Crippen LogP) is 1.85. The number of aryl methyl sites for hydroxylation is 1. The minimum atomic E-state index is -4.95. The van der Waals surface area contributed by atoms with E-state index in [2.05, 4.69) is 4.18 Å². The van der Waals surface area contributed by atoms with Crippen LogP contribution in [0.25, 0.3) is 0 Å². The van der Waals surface area contributed by atoms with E-state index in [1.807, 2.05) is 0 Å². The normalized spacial score (nSPS) is 13.5. The molecule has 114 valence electrons. The second-order valence-electron chi connectivity index (χ2n) is 3.82. The zero-order valence-electron chi connectivity index (χ0n) is 9.96. The van der Waals surface area contributed by atoms with E-state index in [9.17, 15) is 26.2 Å². The van der Waals surface area contributed by atoms with Gasteiger partial charge in [0.05, 0.1) is 5.56 Å². The lowest BCUT2D eigenvalue weighted by atomic mass is 10.1. The van der Waals surface area contributed by atoms with Crippen molar-refractivity contribution >= 4 is 17.7 Å². The van der Waals surface area contributed by atoms with Gasteiger partial charge in [0.15, 0.2) is 6.35 Å². The molecule has 0 amide bonds. The van der Waals surface area contributed by atoms with Crippen molar-refractivity contribution in [1.29, 1.82) is 0 Å². The van der Waals surface area contributed by atoms with E-state index >= 15 is 0 Å². The molecule has 11 heteroatoms. The van der Waals surface area contributed by atoms with Gasteiger partial charge in [-0.15, -0.1) is 0 Å². The minimum Gasteiger partial charge on any atom is -0.323 e. The highest BCUT2D eigenvalue weighted by Gasteiger charge is 2.39. The summed E-state index contributed by atoms with van der Waals surface area (Å²) in [6, 6.07) is 2.67. The molecule has 2 N–H and O–H groups in total. The molecule has 1 aromatic rings. The lowest BCUT2D eigenvalue weighted by Crippen LogP contribution is -2.17. The average Bonchev–Trinajstić information content (AvgIpc) is 2.24. The maximum atomic E-state index is 12.8. The Morgan fingerprint density at radius 3 is 2.30 bits per heavy atom. The highest BCUT2D eigenvalue weighted by molar-refractivity contribution is 7.87. The number of halogens is 3. The topological polar surface area (TPSA) is 101 Å². The zero-order chi connectivity index (χ0) is 15.8. The van der Waals surface area contributed by atoms with E-state index < -0.39 is 40.7 Å². The van der Waals surface area contributed by atoms with E-state index in [1.54, 1.807) is 0 Å². The Morgan fingerprint density at radius 1 is 1.30 bits per heavy atom. The van der Waals surface area contributed by atoms with Gasteiger partial charge >= 0.3 is 13.8 Å². The first-order valence-corrected chi connectivity index (χ1v) is 8.16. The summed E-state index contributed by atoms with van der Waals surface area (Å²) in [7, 11) is -9.79. The largest absolute Gasteiger partial charge is 0.417 e. The Kier molecular flexibility index (Phi) is 4.67. The van der Waals surface area contributed by atoms with Gasteiger partial charge in [0.2, 0.25) is 0 Å². The molecule has 0 spiro atoms. The van der Waals surface area contributed by atoms with Crippen LogP contribution in [0.2, 0.25) is 0 Å². The number of hydrogen-bond acceptors (Lipinski definition) is 4. The smallest absolute Gasteiger partial charge is 0.323 e. The van der Waals surface area contributed by atoms with Gasteiger partial charge in [-0.1, -0.05) is 12.1 Å². The number of benzene rings is 1. The molecule has 0 aromatic heterocycles. The molecule has 0 saturated carbocycles. The third-order valence-corrected chi connectivity index (χ3v) is 4.25. The molecule has 1 aromatic carbocycles. The summed E-state index contributed by atoms with van der Waals surface area (Å²) in [6.07, 6.45) is -6.47. The molecule has 0 heterocycles. The number of hydrogen-bond donors (Lipinski definition) is 2. The second-order valence-corrected chi connectivity index (χ2v) is 6.95. The minimum absolute atomic E-state index is 0.245. The molecule has 0 saturated heterocycles. The number of alkyl halides is 3. The summed E-state index contributed by atoms with van der Waals surface area (Å²) in [5, 5.41) is 0. The fraction of sp³-hybridized carbons (Fsp3) is 0.333. The highest BCUT2D eigenvalue weighted by atomic mass is 32.2. The second kappa shape index (κ2) is 5.45. The molecule has 1 rings (SSSR count). The van der Waals surface area contributed by atoms with Crippen LogP contribution < -0.4 is 0 Å². The van der Waals surface area contributed by atoms with Crippen molar-refractivity contribution in [2.45, 2.75) is 18.0 Å². The molecule has 20 heavy (non-hydrogen) atoms. The van der Waals surface area contributed by atoms with Crippen molar-refractivity contribution in [2.24, 2.45) is 0 Å². The molecular formula is C9H10F3O6PS. The van der Waals surface area contributed by atoms with Crippen LogP contribution in [0, 0.1) is 6.92 Å². The summed E-state index contributed by atoms with van der Waals surface area (Å²) in [5.74, 6) is 0. The van der Waals surface area contributed by atoms with Crippen molar-refractivity contribution in [3.05, 3.63) is 29.3 Å². The Hall–Kier alpha value is -0.930. The molecule has 0 aliphatic carbocycles. The standard InChI is InChI=1S/C9H10F3O6PS/c1-6-3-2-4-7(9(10,11)12)8(6)20(16,17)18-5-19(13,14)15/h2-4H,5H2,1H3,(H2,13,14,15). The van der Waals surface area contributed by atoms with Crippen LogP contribution in [0.5, 0.6) is 0 Å². The molecule has 0 radical (unpaired) electrons. The van der Waals surface area contributed by atoms with Crippen LogP contribution >= 0.6 is 7.60 Å². The summed E-state index contributed by atoms with van der Waals surface area (Å²) in [6.45, 7) is 1.11. The third-order valence-electron chi connectivity index (χ3n) is 2.14. The Balaban J connectivity index is 3.35. The summed E-state index contributed by atoms with van der Waals surface area (Å²) in [5.41, 5.74) is -1.70. The summed E-state index contributed by atoms with van der Waals surface area (Å²) < 4.78 is 76.2. The van der Waals surface area contributed by atoms with E-state index in [1.165, 1.54) is 0 Å². The lowest BCUT2D eigenvalue weighted by molar-refractivity contribution is -0.140. The van der Waals surface area contributed by atoms with Crippen molar-refractivity contribution in [1.82, 2.24) is 0 Å². The average molecular weight is 334 g/mol. The quantitative estimate of drug-likeness (QED) is 0.644. The van der Waals surface area contributed by atoms with Crippen LogP contribution in [0.4, 0.5) is 13.2 Å². The van der Waals surface area contributed by atoms with Gasteiger partial charge < -0.3 is 9.79 Å². The van der Waals surface area contributed by atoms with Crippen LogP contribution in [0.3, 0.4) is 0 Å². The number of rotatable bonds is 4. The molecule has 0 unspecified atom stereocenters. The van der Waals surface area contributed by atoms with Gasteiger partial charge in [-0.25, -0.2) is 0 Å². The van der Waals surface area contributed by atoms with Gasteiger partial charge in [0.1, 0.15) is 4.90 Å². The Bertz CT molecular complexity index is 648. The van der Waals surface area contributed by atoms with Crippen LogP contribution in [-0.4, -0.2) is 24.6 Å². The molecule has 0 aliphatic rings. The Labute approximate surface area is 112 Å². The van der Waals surface area contributed by atoms with E-state index in [-0.39, 0.29) is 5.56 Å². The summed E-state index contributed by atoms with van der Waals surface area (Å²) >= 11 is 0. The summed E-state index contributed by atoms with van der Waals surface area (Å²) in [4.78, 5) is 15.9. The highest BCUT2D eigenvalue weighted by Crippen LogP contribution is 2.39. The first-order valence-electron chi connectivity index (χ1n) is 4.95. The monoisotopic (exact) mass is 334 g/mol. The van der Waals surface area contributed by atoms with Gasteiger partial charge in [0.25, 0.3) is 10.1 Å². The van der Waals surface area contributed by atoms with Crippen molar-refractivity contribution in [3.63, 3.8) is 0 Å². The first-order chi connectivity index (χ1) is 8.84. The van der Waals surface area contributed by atoms with E-state index in [0.29, 0.717) is 6.07 Å². The van der Waals surface area contributed by atoms with Crippen LogP contribution in [0.1, 0.15) is 11.1 Å². The SMILES string of the molecule is Cc1cccc(C(F)(F)F)c1S(=O)(=O)OCP(=O)(O)O. The fourth-order valence-corrected chi connectivity index (χ4v) is 3.54. The third kappa shape index (κ3) is 4.29. The molecular weight excluding hydrogens is 324 g/mol. The Morgan fingerprint density at radius 2 is 1.85 bits per heavy atom. The first kappa shape index (κ1) is 17.1. The maximum Gasteiger partial charge on any atom is 0.417 e. The van der Waals surface area contributed by atoms with Crippen LogP contribution in [0.15, 0.2) is 23.1 Å². The molecule has 0 fully saturated rings. The van der Waals surface area contributed by atoms with Gasteiger partial charge in [-0.2, -0.15) is 21.6 Å². The molecule has 0 aliphatic heterocycles.